The molecule has 2 saturated heterocycles. The van der Waals surface area contributed by atoms with E-state index in [1.165, 1.54) is 16.3 Å². The summed E-state index contributed by atoms with van der Waals surface area (Å²) < 4.78 is 1.44. The van der Waals surface area contributed by atoms with Crippen LogP contribution in [0.1, 0.15) is 13.8 Å². The molecule has 1 amide bonds. The highest BCUT2D eigenvalue weighted by molar-refractivity contribution is 8.03. The minimum Gasteiger partial charge on any atom is -0.380 e. The van der Waals surface area contributed by atoms with Crippen LogP contribution in [-0.2, 0) is 14.4 Å². The largest absolute Gasteiger partial charge is 0.380 e. The number of aldehydes is 1. The first-order chi connectivity index (χ1) is 16.4. The van der Waals surface area contributed by atoms with Gasteiger partial charge >= 0.3 is 5.91 Å². The van der Waals surface area contributed by atoms with E-state index in [2.05, 4.69) is 38.9 Å². The SMILES string of the molecule is CC(C)Nc1cccnc1N1CCN(c2cc3cc(N4SCC(=O)C4=O)ccc3[nH]2)C(C=O)C1. The van der Waals surface area contributed by atoms with Gasteiger partial charge in [0.15, 0.2) is 5.82 Å². The maximum Gasteiger partial charge on any atom is 0.305 e. The van der Waals surface area contributed by atoms with Crippen molar-refractivity contribution >= 4 is 63.8 Å². The molecule has 5 rings (SSSR count). The van der Waals surface area contributed by atoms with Gasteiger partial charge in [-0.3, -0.25) is 9.59 Å². The Hall–Kier alpha value is -3.53. The zero-order valence-corrected chi connectivity index (χ0v) is 19.8. The highest BCUT2D eigenvalue weighted by atomic mass is 32.2. The first-order valence-corrected chi connectivity index (χ1v) is 12.2. The molecular formula is C24H26N6O3S. The highest BCUT2D eigenvalue weighted by Gasteiger charge is 2.32. The number of carbonyl (C=O) groups excluding carboxylic acids is 3. The summed E-state index contributed by atoms with van der Waals surface area (Å²) in [6.07, 6.45) is 2.75. The molecule has 10 heteroatoms. The Morgan fingerprint density at radius 2 is 2.06 bits per heavy atom. The van der Waals surface area contributed by atoms with Gasteiger partial charge in [0.05, 0.1) is 17.1 Å². The summed E-state index contributed by atoms with van der Waals surface area (Å²) in [6.45, 7) is 6.06. The summed E-state index contributed by atoms with van der Waals surface area (Å²) in [4.78, 5) is 48.0. The van der Waals surface area contributed by atoms with Crippen molar-refractivity contribution in [3.63, 3.8) is 0 Å². The maximum absolute atomic E-state index is 12.1. The Labute approximate surface area is 201 Å². The second-order valence-electron chi connectivity index (χ2n) is 8.74. The van der Waals surface area contributed by atoms with Crippen molar-refractivity contribution in [1.29, 1.82) is 0 Å². The fourth-order valence-electron chi connectivity index (χ4n) is 4.42. The normalized spacial score (nSPS) is 18.9. The van der Waals surface area contributed by atoms with E-state index in [0.717, 1.165) is 41.1 Å². The van der Waals surface area contributed by atoms with Crippen LogP contribution in [-0.4, -0.2) is 65.4 Å². The zero-order valence-electron chi connectivity index (χ0n) is 19.0. The summed E-state index contributed by atoms with van der Waals surface area (Å²) in [5.74, 6) is 1.00. The van der Waals surface area contributed by atoms with E-state index in [9.17, 15) is 14.4 Å². The number of piperazine rings is 1. The number of pyridine rings is 1. The summed E-state index contributed by atoms with van der Waals surface area (Å²) >= 11 is 1.21. The van der Waals surface area contributed by atoms with Crippen LogP contribution in [0.15, 0.2) is 42.6 Å². The molecule has 0 radical (unpaired) electrons. The van der Waals surface area contributed by atoms with Crippen LogP contribution in [0.25, 0.3) is 10.9 Å². The van der Waals surface area contributed by atoms with Gasteiger partial charge in [-0.25, -0.2) is 9.29 Å². The average Bonchev–Trinajstić information content (AvgIpc) is 3.41. The lowest BCUT2D eigenvalue weighted by Gasteiger charge is -2.40. The van der Waals surface area contributed by atoms with Gasteiger partial charge in [0.1, 0.15) is 18.1 Å². The molecule has 2 aliphatic rings. The summed E-state index contributed by atoms with van der Waals surface area (Å²) in [5, 5.41) is 4.35. The molecule has 9 nitrogen and oxygen atoms in total. The summed E-state index contributed by atoms with van der Waals surface area (Å²) in [5.41, 5.74) is 2.54. The van der Waals surface area contributed by atoms with Crippen molar-refractivity contribution in [2.24, 2.45) is 0 Å². The fourth-order valence-corrected chi connectivity index (χ4v) is 5.28. The molecule has 0 saturated carbocycles. The maximum atomic E-state index is 12.1. The average molecular weight is 479 g/mol. The first-order valence-electron chi connectivity index (χ1n) is 11.3. The highest BCUT2D eigenvalue weighted by Crippen LogP contribution is 2.33. The number of amides is 1. The number of nitrogens with zero attached hydrogens (tertiary/aromatic N) is 4. The molecule has 3 aromatic rings. The molecule has 176 valence electrons. The standard InChI is InChI=1S/C24H26N6O3S/c1-15(2)26-20-4-3-7-25-23(20)28-8-9-29(18(12-28)13-31)22-11-16-10-17(5-6-19(16)27-22)30-24(33)21(32)14-34-30/h3-7,10-11,13,15,18,26-27H,8-9,12,14H2,1-2H3. The van der Waals surface area contributed by atoms with E-state index in [-0.39, 0.29) is 23.6 Å². The number of hydrogen-bond acceptors (Lipinski definition) is 8. The minimum atomic E-state index is -0.488. The van der Waals surface area contributed by atoms with E-state index >= 15 is 0 Å². The molecule has 1 atom stereocenters. The van der Waals surface area contributed by atoms with E-state index < -0.39 is 5.91 Å². The number of anilines is 4. The van der Waals surface area contributed by atoms with Gasteiger partial charge < -0.3 is 24.9 Å². The molecule has 1 unspecified atom stereocenters. The number of hydrogen-bond donors (Lipinski definition) is 2. The number of aromatic amines is 1. The number of rotatable bonds is 6. The second-order valence-corrected chi connectivity index (χ2v) is 9.65. The van der Waals surface area contributed by atoms with Gasteiger partial charge in [-0.2, -0.15) is 0 Å². The van der Waals surface area contributed by atoms with Crippen LogP contribution in [0.5, 0.6) is 0 Å². The summed E-state index contributed by atoms with van der Waals surface area (Å²) in [6, 6.07) is 11.5. The predicted molar refractivity (Wildman–Crippen MR) is 136 cm³/mol. The number of aromatic nitrogens is 2. The van der Waals surface area contributed by atoms with Crippen LogP contribution >= 0.6 is 11.9 Å². The van der Waals surface area contributed by atoms with Crippen LogP contribution in [0.3, 0.4) is 0 Å². The number of carbonyl (C=O) groups is 3. The van der Waals surface area contributed by atoms with E-state index in [0.29, 0.717) is 18.8 Å². The third kappa shape index (κ3) is 4.09. The molecule has 4 heterocycles. The molecule has 2 aromatic heterocycles. The van der Waals surface area contributed by atoms with Gasteiger partial charge in [-0.1, -0.05) is 0 Å². The van der Waals surface area contributed by atoms with E-state index in [4.69, 9.17) is 0 Å². The van der Waals surface area contributed by atoms with Crippen LogP contribution in [0, 0.1) is 0 Å². The van der Waals surface area contributed by atoms with Gasteiger partial charge in [0.25, 0.3) is 0 Å². The lowest BCUT2D eigenvalue weighted by molar-refractivity contribution is -0.133. The lowest BCUT2D eigenvalue weighted by Crippen LogP contribution is -2.54. The number of H-pyrrole nitrogens is 1. The smallest absolute Gasteiger partial charge is 0.305 e. The molecular weight excluding hydrogens is 452 g/mol. The molecule has 34 heavy (non-hydrogen) atoms. The van der Waals surface area contributed by atoms with Crippen molar-refractivity contribution in [2.75, 3.05) is 44.8 Å². The van der Waals surface area contributed by atoms with E-state index in [1.807, 2.05) is 36.4 Å². The Kier molecular flexibility index (Phi) is 5.91. The number of Topliss-reactive ketones (excluding diaryl/α,β-unsaturated/α-hetero) is 1. The Bertz CT molecular complexity index is 1260. The molecule has 0 spiro atoms. The molecule has 0 aliphatic carbocycles. The number of nitrogens with one attached hydrogen (secondary N) is 2. The lowest BCUT2D eigenvalue weighted by atomic mass is 10.1. The van der Waals surface area contributed by atoms with Gasteiger partial charge in [0.2, 0.25) is 5.78 Å². The topological polar surface area (TPSA) is 102 Å². The molecule has 2 fully saturated rings. The monoisotopic (exact) mass is 478 g/mol. The number of ketones is 1. The molecule has 1 aromatic carbocycles. The molecule has 2 N–H and O–H groups in total. The zero-order chi connectivity index (χ0) is 23.8. The van der Waals surface area contributed by atoms with Crippen molar-refractivity contribution in [3.8, 4) is 0 Å². The second kappa shape index (κ2) is 9.02. The molecule has 2 aliphatic heterocycles. The van der Waals surface area contributed by atoms with Crippen LogP contribution in [0.4, 0.5) is 23.0 Å². The third-order valence-electron chi connectivity index (χ3n) is 5.99. The van der Waals surface area contributed by atoms with E-state index in [1.54, 1.807) is 6.20 Å². The minimum absolute atomic E-state index is 0.172. The van der Waals surface area contributed by atoms with Gasteiger partial charge in [-0.15, -0.1) is 0 Å². The quantitative estimate of drug-likeness (QED) is 0.317. The van der Waals surface area contributed by atoms with Crippen LogP contribution in [0.2, 0.25) is 0 Å². The van der Waals surface area contributed by atoms with Crippen molar-refractivity contribution in [1.82, 2.24) is 9.97 Å². The van der Waals surface area contributed by atoms with Gasteiger partial charge in [0, 0.05) is 42.8 Å². The molecule has 0 bridgehead atoms. The Morgan fingerprint density at radius 1 is 1.21 bits per heavy atom. The summed E-state index contributed by atoms with van der Waals surface area (Å²) in [7, 11) is 0. The third-order valence-corrected chi connectivity index (χ3v) is 7.01. The first kappa shape index (κ1) is 22.3. The fraction of sp³-hybridized carbons (Fsp3) is 0.333. The number of benzene rings is 1. The van der Waals surface area contributed by atoms with Gasteiger partial charge in [-0.05, 0) is 62.2 Å². The van der Waals surface area contributed by atoms with Crippen molar-refractivity contribution in [2.45, 2.75) is 25.9 Å². The number of fused-ring (bicyclic) bond motifs is 1. The van der Waals surface area contributed by atoms with Crippen LogP contribution < -0.4 is 19.4 Å². The Morgan fingerprint density at radius 3 is 2.79 bits per heavy atom. The Balaban J connectivity index is 1.38. The van der Waals surface area contributed by atoms with Crippen molar-refractivity contribution in [3.05, 3.63) is 42.6 Å². The van der Waals surface area contributed by atoms with Crippen molar-refractivity contribution < 1.29 is 14.4 Å². The predicted octanol–water partition coefficient (Wildman–Crippen LogP) is 2.84.